The maximum atomic E-state index is 5.72. The number of tetrazole rings is 1. The van der Waals surface area contributed by atoms with Crippen molar-refractivity contribution in [2.45, 2.75) is 39.7 Å². The molecule has 1 aromatic heterocycles. The molecule has 0 unspecified atom stereocenters. The van der Waals surface area contributed by atoms with Gasteiger partial charge in [-0.25, -0.2) is 0 Å². The molecule has 0 aliphatic carbocycles. The van der Waals surface area contributed by atoms with Crippen LogP contribution < -0.4 is 14.8 Å². The molecule has 0 radical (unpaired) electrons. The van der Waals surface area contributed by atoms with Gasteiger partial charge in [-0.3, -0.25) is 0 Å². The SMILES string of the molecule is CC[C@@](C)(Nc1ccc2c(c1)OCCO2)c1nnnn1-c1c(C)cccc1C. The van der Waals surface area contributed by atoms with Crippen LogP contribution in [0.25, 0.3) is 5.69 Å². The van der Waals surface area contributed by atoms with E-state index in [9.17, 15) is 0 Å². The molecule has 1 aliphatic heterocycles. The molecule has 0 saturated heterocycles. The van der Waals surface area contributed by atoms with Crippen LogP contribution in [0.3, 0.4) is 0 Å². The second kappa shape index (κ2) is 7.14. The fourth-order valence-corrected chi connectivity index (χ4v) is 3.56. The number of anilines is 1. The van der Waals surface area contributed by atoms with Crippen molar-refractivity contribution in [2.75, 3.05) is 18.5 Å². The number of nitrogens with zero attached hydrogens (tertiary/aromatic N) is 4. The van der Waals surface area contributed by atoms with Crippen LogP contribution in [0.1, 0.15) is 37.2 Å². The lowest BCUT2D eigenvalue weighted by Gasteiger charge is -2.30. The molecular formula is C21H25N5O2. The normalized spacial score (nSPS) is 15.1. The molecule has 28 heavy (non-hydrogen) atoms. The lowest BCUT2D eigenvalue weighted by Crippen LogP contribution is -2.35. The zero-order chi connectivity index (χ0) is 19.7. The van der Waals surface area contributed by atoms with E-state index < -0.39 is 5.54 Å². The summed E-state index contributed by atoms with van der Waals surface area (Å²) in [4.78, 5) is 0. The fraction of sp³-hybridized carbons (Fsp3) is 0.381. The van der Waals surface area contributed by atoms with Crippen molar-refractivity contribution in [3.05, 3.63) is 53.3 Å². The molecular weight excluding hydrogens is 354 g/mol. The zero-order valence-corrected chi connectivity index (χ0v) is 16.7. The van der Waals surface area contributed by atoms with E-state index in [0.29, 0.717) is 13.2 Å². The van der Waals surface area contributed by atoms with Crippen molar-refractivity contribution in [3.8, 4) is 17.2 Å². The fourth-order valence-electron chi connectivity index (χ4n) is 3.56. The molecule has 0 bridgehead atoms. The van der Waals surface area contributed by atoms with Gasteiger partial charge in [0.25, 0.3) is 0 Å². The number of benzene rings is 2. The average molecular weight is 379 g/mol. The second-order valence-electron chi connectivity index (χ2n) is 7.32. The summed E-state index contributed by atoms with van der Waals surface area (Å²) < 4.78 is 13.2. The van der Waals surface area contributed by atoms with Crippen LogP contribution in [-0.2, 0) is 5.54 Å². The molecule has 1 aliphatic rings. The van der Waals surface area contributed by atoms with E-state index in [1.165, 1.54) is 0 Å². The molecule has 0 fully saturated rings. The number of nitrogens with one attached hydrogen (secondary N) is 1. The number of fused-ring (bicyclic) bond motifs is 1. The van der Waals surface area contributed by atoms with Crippen molar-refractivity contribution < 1.29 is 9.47 Å². The molecule has 0 amide bonds. The van der Waals surface area contributed by atoms with E-state index >= 15 is 0 Å². The van der Waals surface area contributed by atoms with Gasteiger partial charge in [-0.15, -0.1) is 5.10 Å². The van der Waals surface area contributed by atoms with Crippen LogP contribution >= 0.6 is 0 Å². The van der Waals surface area contributed by atoms with Gasteiger partial charge in [0.15, 0.2) is 17.3 Å². The summed E-state index contributed by atoms with van der Waals surface area (Å²) in [7, 11) is 0. The molecule has 7 nitrogen and oxygen atoms in total. The number of ether oxygens (including phenoxy) is 2. The molecule has 0 spiro atoms. The lowest BCUT2D eigenvalue weighted by molar-refractivity contribution is 0.171. The smallest absolute Gasteiger partial charge is 0.181 e. The third-order valence-electron chi connectivity index (χ3n) is 5.28. The highest BCUT2D eigenvalue weighted by Gasteiger charge is 2.32. The summed E-state index contributed by atoms with van der Waals surface area (Å²) in [5.41, 5.74) is 3.75. The number of para-hydroxylation sites is 1. The number of aromatic nitrogens is 4. The van der Waals surface area contributed by atoms with Gasteiger partial charge in [-0.1, -0.05) is 25.1 Å². The summed E-state index contributed by atoms with van der Waals surface area (Å²) in [6, 6.07) is 12.1. The van der Waals surface area contributed by atoms with Crippen molar-refractivity contribution in [1.29, 1.82) is 0 Å². The van der Waals surface area contributed by atoms with Crippen LogP contribution in [0.2, 0.25) is 0 Å². The van der Waals surface area contributed by atoms with E-state index in [-0.39, 0.29) is 0 Å². The first-order valence-electron chi connectivity index (χ1n) is 9.55. The van der Waals surface area contributed by atoms with Gasteiger partial charge in [0.05, 0.1) is 11.2 Å². The monoisotopic (exact) mass is 379 g/mol. The number of hydrogen-bond acceptors (Lipinski definition) is 6. The van der Waals surface area contributed by atoms with Gasteiger partial charge >= 0.3 is 0 Å². The summed E-state index contributed by atoms with van der Waals surface area (Å²) >= 11 is 0. The molecule has 7 heteroatoms. The van der Waals surface area contributed by atoms with E-state index in [0.717, 1.165) is 46.2 Å². The predicted octanol–water partition coefficient (Wildman–Crippen LogP) is 3.79. The van der Waals surface area contributed by atoms with Gasteiger partial charge in [0.2, 0.25) is 0 Å². The van der Waals surface area contributed by atoms with Gasteiger partial charge < -0.3 is 14.8 Å². The van der Waals surface area contributed by atoms with Gasteiger partial charge in [-0.05, 0) is 60.9 Å². The largest absolute Gasteiger partial charge is 0.486 e. The van der Waals surface area contributed by atoms with Crippen LogP contribution in [-0.4, -0.2) is 33.4 Å². The van der Waals surface area contributed by atoms with Gasteiger partial charge in [0.1, 0.15) is 13.2 Å². The Morgan fingerprint density at radius 1 is 1.07 bits per heavy atom. The molecule has 1 N–H and O–H groups in total. The highest BCUT2D eigenvalue weighted by Crippen LogP contribution is 2.36. The predicted molar refractivity (Wildman–Crippen MR) is 107 cm³/mol. The maximum Gasteiger partial charge on any atom is 0.181 e. The minimum atomic E-state index is -0.470. The number of rotatable bonds is 5. The van der Waals surface area contributed by atoms with Crippen molar-refractivity contribution in [2.24, 2.45) is 0 Å². The average Bonchev–Trinajstić information content (AvgIpc) is 3.18. The van der Waals surface area contributed by atoms with Gasteiger partial charge in [0, 0.05) is 11.8 Å². The Morgan fingerprint density at radius 3 is 2.50 bits per heavy atom. The number of hydrogen-bond donors (Lipinski definition) is 1. The Kier molecular flexibility index (Phi) is 4.66. The highest BCUT2D eigenvalue weighted by molar-refractivity contribution is 5.57. The van der Waals surface area contributed by atoms with Crippen molar-refractivity contribution in [1.82, 2.24) is 20.2 Å². The topological polar surface area (TPSA) is 74.1 Å². The van der Waals surface area contributed by atoms with E-state index in [2.05, 4.69) is 60.7 Å². The molecule has 2 heterocycles. The Balaban J connectivity index is 1.72. The van der Waals surface area contributed by atoms with Crippen LogP contribution in [0.15, 0.2) is 36.4 Å². The number of aryl methyl sites for hydroxylation is 2. The maximum absolute atomic E-state index is 5.72. The molecule has 0 saturated carbocycles. The van der Waals surface area contributed by atoms with E-state index in [4.69, 9.17) is 9.47 Å². The Bertz CT molecular complexity index is 980. The Labute approximate surface area is 164 Å². The summed E-state index contributed by atoms with van der Waals surface area (Å²) in [6.07, 6.45) is 0.798. The van der Waals surface area contributed by atoms with Crippen molar-refractivity contribution >= 4 is 5.69 Å². The molecule has 3 aromatic rings. The molecule has 2 aromatic carbocycles. The van der Waals surface area contributed by atoms with Crippen molar-refractivity contribution in [3.63, 3.8) is 0 Å². The summed E-state index contributed by atoms with van der Waals surface area (Å²) in [5.74, 6) is 2.29. The third-order valence-corrected chi connectivity index (χ3v) is 5.28. The molecule has 1 atom stereocenters. The van der Waals surface area contributed by atoms with E-state index in [1.54, 1.807) is 0 Å². The van der Waals surface area contributed by atoms with Crippen LogP contribution in [0.5, 0.6) is 11.5 Å². The summed E-state index contributed by atoms with van der Waals surface area (Å²) in [6.45, 7) is 9.52. The Morgan fingerprint density at radius 2 is 1.79 bits per heavy atom. The first-order valence-corrected chi connectivity index (χ1v) is 9.55. The zero-order valence-electron chi connectivity index (χ0n) is 16.7. The first-order chi connectivity index (χ1) is 13.5. The third kappa shape index (κ3) is 3.17. The molecule has 4 rings (SSSR count). The first kappa shape index (κ1) is 18.3. The minimum Gasteiger partial charge on any atom is -0.486 e. The Hall–Kier alpha value is -3.09. The molecule has 146 valence electrons. The quantitative estimate of drug-likeness (QED) is 0.727. The summed E-state index contributed by atoms with van der Waals surface area (Å²) in [5, 5.41) is 16.3. The van der Waals surface area contributed by atoms with Crippen LogP contribution in [0, 0.1) is 13.8 Å². The van der Waals surface area contributed by atoms with Gasteiger partial charge in [-0.2, -0.15) is 4.68 Å². The van der Waals surface area contributed by atoms with Crippen LogP contribution in [0.4, 0.5) is 5.69 Å². The highest BCUT2D eigenvalue weighted by atomic mass is 16.6. The second-order valence-corrected chi connectivity index (χ2v) is 7.32. The minimum absolute atomic E-state index is 0.470. The lowest BCUT2D eigenvalue weighted by atomic mass is 9.96. The van der Waals surface area contributed by atoms with E-state index in [1.807, 2.05) is 28.9 Å². The standard InChI is InChI=1S/C21H25N5O2/c1-5-21(4,22-16-9-10-17-18(13-16)28-12-11-27-17)20-23-24-25-26(20)19-14(2)7-6-8-15(19)3/h6-10,13,22H,5,11-12H2,1-4H3/t21-/m1/s1.